The third-order valence-corrected chi connectivity index (χ3v) is 6.80. The van der Waals surface area contributed by atoms with Gasteiger partial charge in [-0.25, -0.2) is 9.37 Å². The highest BCUT2D eigenvalue weighted by molar-refractivity contribution is 6.33. The van der Waals surface area contributed by atoms with E-state index in [9.17, 15) is 4.39 Å². The quantitative estimate of drug-likeness (QED) is 0.485. The van der Waals surface area contributed by atoms with E-state index in [1.54, 1.807) is 12.3 Å². The number of hydrogen-bond donors (Lipinski definition) is 2. The molecule has 0 spiro atoms. The maximum Gasteiger partial charge on any atom is 0.229 e. The molecule has 3 heterocycles. The lowest BCUT2D eigenvalue weighted by Gasteiger charge is -2.32. The predicted octanol–water partition coefficient (Wildman–Crippen LogP) is 4.34. The third-order valence-electron chi connectivity index (χ3n) is 6.52. The van der Waals surface area contributed by atoms with Gasteiger partial charge in [0.15, 0.2) is 5.82 Å². The molecule has 0 radical (unpaired) electrons. The lowest BCUT2D eigenvalue weighted by molar-refractivity contribution is 0.122. The van der Waals surface area contributed by atoms with E-state index in [0.717, 1.165) is 49.8 Å². The highest BCUT2D eigenvalue weighted by atomic mass is 35.5. The van der Waals surface area contributed by atoms with Crippen LogP contribution in [-0.4, -0.2) is 79.3 Å². The molecule has 0 saturated carbocycles. The van der Waals surface area contributed by atoms with Crippen molar-refractivity contribution < 1.29 is 9.13 Å². The fourth-order valence-corrected chi connectivity index (χ4v) is 4.54. The molecular formula is C26H31ClFN7O. The van der Waals surface area contributed by atoms with Crippen LogP contribution < -0.4 is 15.5 Å². The molecule has 1 aromatic heterocycles. The fraction of sp³-hybridized carbons (Fsp3) is 0.385. The molecule has 5 rings (SSSR count). The number of morpholine rings is 1. The number of nitrogens with zero attached hydrogens (tertiary/aromatic N) is 5. The first-order chi connectivity index (χ1) is 17.5. The lowest BCUT2D eigenvalue weighted by atomic mass is 10.2. The molecule has 8 nitrogen and oxygen atoms in total. The van der Waals surface area contributed by atoms with E-state index < -0.39 is 0 Å². The summed E-state index contributed by atoms with van der Waals surface area (Å²) in [5.41, 5.74) is 3.63. The first-order valence-electron chi connectivity index (χ1n) is 12.2. The molecule has 0 unspecified atom stereocenters. The smallest absolute Gasteiger partial charge is 0.229 e. The van der Waals surface area contributed by atoms with Crippen molar-refractivity contribution in [1.82, 2.24) is 19.8 Å². The highest BCUT2D eigenvalue weighted by Gasteiger charge is 2.18. The van der Waals surface area contributed by atoms with Gasteiger partial charge in [-0.05, 0) is 42.9 Å². The second kappa shape index (κ2) is 11.4. The Labute approximate surface area is 216 Å². The Bertz CT molecular complexity index is 1170. The lowest BCUT2D eigenvalue weighted by Crippen LogP contribution is -2.43. The molecule has 36 heavy (non-hydrogen) atoms. The monoisotopic (exact) mass is 511 g/mol. The molecule has 2 aromatic carbocycles. The van der Waals surface area contributed by atoms with Crippen LogP contribution in [0.5, 0.6) is 0 Å². The average Bonchev–Trinajstić information content (AvgIpc) is 2.90. The predicted molar refractivity (Wildman–Crippen MR) is 142 cm³/mol. The average molecular weight is 512 g/mol. The molecule has 2 aliphatic rings. The summed E-state index contributed by atoms with van der Waals surface area (Å²) < 4.78 is 19.5. The van der Waals surface area contributed by atoms with Gasteiger partial charge in [0.25, 0.3) is 0 Å². The number of halogens is 2. The SMILES string of the molecule is CN1CCN(Cc2ccc(Nc3ncc(Cl)c(Nc4ccc(F)cc4N4CCOCC4)n3)cc2)CC1. The maximum atomic E-state index is 14.0. The fourth-order valence-electron chi connectivity index (χ4n) is 4.41. The molecule has 2 fully saturated rings. The van der Waals surface area contributed by atoms with Crippen molar-refractivity contribution in [3.05, 3.63) is 65.1 Å². The summed E-state index contributed by atoms with van der Waals surface area (Å²) in [4.78, 5) is 15.8. The van der Waals surface area contributed by atoms with Crippen LogP contribution in [-0.2, 0) is 11.3 Å². The Morgan fingerprint density at radius 1 is 0.972 bits per heavy atom. The van der Waals surface area contributed by atoms with Gasteiger partial charge < -0.3 is 25.2 Å². The first kappa shape index (κ1) is 24.7. The van der Waals surface area contributed by atoms with Crippen LogP contribution in [0.1, 0.15) is 5.56 Å². The summed E-state index contributed by atoms with van der Waals surface area (Å²) in [6.45, 7) is 7.92. The Morgan fingerprint density at radius 2 is 1.72 bits per heavy atom. The third kappa shape index (κ3) is 6.22. The second-order valence-electron chi connectivity index (χ2n) is 9.18. The molecule has 2 aliphatic heterocycles. The van der Waals surface area contributed by atoms with Gasteiger partial charge >= 0.3 is 0 Å². The molecular weight excluding hydrogens is 481 g/mol. The van der Waals surface area contributed by atoms with Crippen LogP contribution >= 0.6 is 11.6 Å². The normalized spacial score (nSPS) is 17.2. The number of aromatic nitrogens is 2. The molecule has 0 aliphatic carbocycles. The van der Waals surface area contributed by atoms with E-state index in [-0.39, 0.29) is 5.82 Å². The Morgan fingerprint density at radius 3 is 2.47 bits per heavy atom. The minimum Gasteiger partial charge on any atom is -0.378 e. The van der Waals surface area contributed by atoms with E-state index in [4.69, 9.17) is 16.3 Å². The number of nitrogens with one attached hydrogen (secondary N) is 2. The molecule has 10 heteroatoms. The number of likely N-dealkylation sites (N-methyl/N-ethyl adjacent to an activating group) is 1. The van der Waals surface area contributed by atoms with Crippen molar-refractivity contribution in [3.63, 3.8) is 0 Å². The van der Waals surface area contributed by atoms with Gasteiger partial charge in [-0.1, -0.05) is 23.7 Å². The van der Waals surface area contributed by atoms with E-state index in [1.165, 1.54) is 17.7 Å². The number of ether oxygens (including phenoxy) is 1. The second-order valence-corrected chi connectivity index (χ2v) is 9.58. The Hall–Kier alpha value is -2.98. The number of hydrogen-bond acceptors (Lipinski definition) is 8. The van der Waals surface area contributed by atoms with Crippen LogP contribution in [0.2, 0.25) is 5.02 Å². The maximum absolute atomic E-state index is 14.0. The molecule has 190 valence electrons. The minimum absolute atomic E-state index is 0.297. The van der Waals surface area contributed by atoms with E-state index in [1.807, 2.05) is 12.1 Å². The topological polar surface area (TPSA) is 68.8 Å². The summed E-state index contributed by atoms with van der Waals surface area (Å²) in [6.07, 6.45) is 1.55. The highest BCUT2D eigenvalue weighted by Crippen LogP contribution is 2.32. The van der Waals surface area contributed by atoms with E-state index in [2.05, 4.69) is 54.5 Å². The Kier molecular flexibility index (Phi) is 7.81. The van der Waals surface area contributed by atoms with Gasteiger partial charge in [0.1, 0.15) is 10.8 Å². The zero-order valence-corrected chi connectivity index (χ0v) is 21.1. The van der Waals surface area contributed by atoms with Gasteiger partial charge in [-0.3, -0.25) is 4.90 Å². The van der Waals surface area contributed by atoms with Crippen LogP contribution in [0, 0.1) is 5.82 Å². The van der Waals surface area contributed by atoms with Gasteiger partial charge in [0.05, 0.1) is 30.8 Å². The van der Waals surface area contributed by atoms with Crippen LogP contribution in [0.3, 0.4) is 0 Å². The number of piperazine rings is 1. The van der Waals surface area contributed by atoms with Gasteiger partial charge in [0, 0.05) is 51.5 Å². The summed E-state index contributed by atoms with van der Waals surface area (Å²) in [7, 11) is 2.17. The summed E-state index contributed by atoms with van der Waals surface area (Å²) in [5.74, 6) is 0.569. The van der Waals surface area contributed by atoms with Gasteiger partial charge in [0.2, 0.25) is 5.95 Å². The minimum atomic E-state index is -0.297. The molecule has 3 aromatic rings. The number of rotatable bonds is 7. The standard InChI is InChI=1S/C26H31ClFN7O/c1-33-8-10-34(11-9-33)18-19-2-5-21(6-3-19)30-26-29-17-22(27)25(32-26)31-23-7-4-20(28)16-24(23)35-12-14-36-15-13-35/h2-7,16-17H,8-15,18H2,1H3,(H2,29,30,31,32). The van der Waals surface area contributed by atoms with Crippen molar-refractivity contribution in [2.45, 2.75) is 6.54 Å². The van der Waals surface area contributed by atoms with E-state index >= 15 is 0 Å². The van der Waals surface area contributed by atoms with Crippen LogP contribution in [0.15, 0.2) is 48.7 Å². The van der Waals surface area contributed by atoms with Crippen molar-refractivity contribution in [2.75, 3.05) is 75.1 Å². The summed E-state index contributed by atoms with van der Waals surface area (Å²) in [6, 6.07) is 13.0. The van der Waals surface area contributed by atoms with Crippen LogP contribution in [0.25, 0.3) is 0 Å². The van der Waals surface area contributed by atoms with Crippen molar-refractivity contribution >= 4 is 40.4 Å². The molecule has 0 bridgehead atoms. The zero-order valence-electron chi connectivity index (χ0n) is 20.4. The van der Waals surface area contributed by atoms with Gasteiger partial charge in [-0.15, -0.1) is 0 Å². The summed E-state index contributed by atoms with van der Waals surface area (Å²) in [5, 5.41) is 6.90. The van der Waals surface area contributed by atoms with Crippen molar-refractivity contribution in [3.8, 4) is 0 Å². The van der Waals surface area contributed by atoms with E-state index in [0.29, 0.717) is 43.1 Å². The molecule has 2 N–H and O–H groups in total. The van der Waals surface area contributed by atoms with Crippen molar-refractivity contribution in [1.29, 1.82) is 0 Å². The Balaban J connectivity index is 1.27. The zero-order chi connectivity index (χ0) is 24.9. The molecule has 0 amide bonds. The van der Waals surface area contributed by atoms with Crippen LogP contribution in [0.4, 0.5) is 33.2 Å². The number of benzene rings is 2. The first-order valence-corrected chi connectivity index (χ1v) is 12.6. The largest absolute Gasteiger partial charge is 0.378 e. The number of anilines is 5. The van der Waals surface area contributed by atoms with Crippen molar-refractivity contribution in [2.24, 2.45) is 0 Å². The molecule has 2 saturated heterocycles. The summed E-state index contributed by atoms with van der Waals surface area (Å²) >= 11 is 6.41. The van der Waals surface area contributed by atoms with Gasteiger partial charge in [-0.2, -0.15) is 4.98 Å². The molecule has 0 atom stereocenters.